The second-order valence-corrected chi connectivity index (χ2v) is 11.5. The minimum absolute atomic E-state index is 0.0102. The van der Waals surface area contributed by atoms with Crippen molar-refractivity contribution in [2.75, 3.05) is 17.1 Å². The Hall–Kier alpha value is -1.71. The number of benzene rings is 2. The van der Waals surface area contributed by atoms with Crippen molar-refractivity contribution in [3.63, 3.8) is 0 Å². The molecule has 0 saturated carbocycles. The molecule has 2 amide bonds. The van der Waals surface area contributed by atoms with Crippen LogP contribution in [0.2, 0.25) is 20.1 Å². The second-order valence-electron chi connectivity index (χ2n) is 7.95. The summed E-state index contributed by atoms with van der Waals surface area (Å²) < 4.78 is 26.0. The van der Waals surface area contributed by atoms with Crippen molar-refractivity contribution in [1.82, 2.24) is 10.2 Å². The van der Waals surface area contributed by atoms with E-state index in [4.69, 9.17) is 46.4 Å². The van der Waals surface area contributed by atoms with Crippen molar-refractivity contribution in [1.29, 1.82) is 0 Å². The van der Waals surface area contributed by atoms with Gasteiger partial charge < -0.3 is 10.2 Å². The van der Waals surface area contributed by atoms with Crippen LogP contribution >= 0.6 is 46.4 Å². The van der Waals surface area contributed by atoms with E-state index in [2.05, 4.69) is 5.32 Å². The third kappa shape index (κ3) is 7.39. The highest BCUT2D eigenvalue weighted by Gasteiger charge is 2.31. The first-order valence-corrected chi connectivity index (χ1v) is 13.5. The molecule has 0 aliphatic heterocycles. The molecule has 12 heteroatoms. The Labute approximate surface area is 220 Å². The molecular weight excluding hydrogens is 544 g/mol. The van der Waals surface area contributed by atoms with Gasteiger partial charge in [-0.2, -0.15) is 0 Å². The minimum Gasteiger partial charge on any atom is -0.352 e. The van der Waals surface area contributed by atoms with Gasteiger partial charge in [-0.3, -0.25) is 13.9 Å². The number of carbonyl (C=O) groups excluding carboxylic acids is 2. The molecule has 7 nitrogen and oxygen atoms in total. The van der Waals surface area contributed by atoms with Gasteiger partial charge in [-0.1, -0.05) is 58.5 Å². The van der Waals surface area contributed by atoms with Gasteiger partial charge in [0.1, 0.15) is 12.6 Å². The number of halogens is 4. The van der Waals surface area contributed by atoms with Crippen LogP contribution in [0.5, 0.6) is 0 Å². The molecule has 34 heavy (non-hydrogen) atoms. The summed E-state index contributed by atoms with van der Waals surface area (Å²) in [5.74, 6) is -1.02. The number of nitrogens with one attached hydrogen (secondary N) is 1. The summed E-state index contributed by atoms with van der Waals surface area (Å²) >= 11 is 24.4. The first kappa shape index (κ1) is 28.5. The fourth-order valence-electron chi connectivity index (χ4n) is 3.10. The average molecular weight is 569 g/mol. The highest BCUT2D eigenvalue weighted by atomic mass is 35.5. The largest absolute Gasteiger partial charge is 0.352 e. The van der Waals surface area contributed by atoms with E-state index >= 15 is 0 Å². The Bertz CT molecular complexity index is 1170. The number of hydrogen-bond donors (Lipinski definition) is 1. The van der Waals surface area contributed by atoms with E-state index in [0.717, 1.165) is 10.6 Å². The molecule has 0 aliphatic rings. The van der Waals surface area contributed by atoms with E-state index in [1.807, 2.05) is 0 Å². The van der Waals surface area contributed by atoms with Crippen LogP contribution in [0.4, 0.5) is 5.69 Å². The Balaban J connectivity index is 2.46. The van der Waals surface area contributed by atoms with Crippen LogP contribution in [-0.4, -0.2) is 50.0 Å². The Morgan fingerprint density at radius 2 is 1.62 bits per heavy atom. The number of carbonyl (C=O) groups is 2. The predicted molar refractivity (Wildman–Crippen MR) is 138 cm³/mol. The summed E-state index contributed by atoms with van der Waals surface area (Å²) in [7, 11) is -3.93. The molecule has 0 fully saturated rings. The molecule has 0 bridgehead atoms. The lowest BCUT2D eigenvalue weighted by atomic mass is 10.1. The lowest BCUT2D eigenvalue weighted by molar-refractivity contribution is -0.139. The fraction of sp³-hybridized carbons (Fsp3) is 0.364. The van der Waals surface area contributed by atoms with Crippen molar-refractivity contribution < 1.29 is 18.0 Å². The maximum atomic E-state index is 13.5. The van der Waals surface area contributed by atoms with Crippen LogP contribution < -0.4 is 9.62 Å². The molecule has 0 spiro atoms. The van der Waals surface area contributed by atoms with Gasteiger partial charge in [-0.05, 0) is 50.6 Å². The summed E-state index contributed by atoms with van der Waals surface area (Å²) in [5, 5.41) is 3.52. The maximum Gasteiger partial charge on any atom is 0.244 e. The Morgan fingerprint density at radius 1 is 0.971 bits per heavy atom. The number of nitrogens with zero attached hydrogens (tertiary/aromatic N) is 2. The van der Waals surface area contributed by atoms with E-state index < -0.39 is 34.4 Å². The third-order valence-corrected chi connectivity index (χ3v) is 7.49. The number of sulfonamides is 1. The Kier molecular flexibility index (Phi) is 9.91. The minimum atomic E-state index is -3.93. The first-order chi connectivity index (χ1) is 15.7. The standard InChI is InChI=1S/C22H25Cl4N3O4S/c1-13(2)27-22(31)14(3)28(11-15-8-9-16(23)18(25)10-15)20(30)12-29(34(4,32)33)19-7-5-6-17(24)21(19)26/h5-10,13-14H,11-12H2,1-4H3,(H,27,31). The normalized spacial score (nSPS) is 12.4. The van der Waals surface area contributed by atoms with E-state index in [-0.39, 0.29) is 33.3 Å². The molecular formula is C22H25Cl4N3O4S. The van der Waals surface area contributed by atoms with Crippen LogP contribution in [0.1, 0.15) is 26.3 Å². The predicted octanol–water partition coefficient (Wildman–Crippen LogP) is 5.01. The van der Waals surface area contributed by atoms with Gasteiger partial charge in [0.15, 0.2) is 0 Å². The molecule has 1 N–H and O–H groups in total. The quantitative estimate of drug-likeness (QED) is 0.461. The van der Waals surface area contributed by atoms with Crippen molar-refractivity contribution in [3.05, 3.63) is 62.1 Å². The molecule has 2 aromatic carbocycles. The topological polar surface area (TPSA) is 86.8 Å². The lowest BCUT2D eigenvalue weighted by Gasteiger charge is -2.32. The molecule has 0 radical (unpaired) electrons. The van der Waals surface area contributed by atoms with Gasteiger partial charge in [0, 0.05) is 12.6 Å². The highest BCUT2D eigenvalue weighted by molar-refractivity contribution is 7.92. The summed E-state index contributed by atoms with van der Waals surface area (Å²) in [6, 6.07) is 8.23. The Morgan fingerprint density at radius 3 is 2.18 bits per heavy atom. The summed E-state index contributed by atoms with van der Waals surface area (Å²) in [6.45, 7) is 4.54. The first-order valence-electron chi connectivity index (χ1n) is 10.2. The summed E-state index contributed by atoms with van der Waals surface area (Å²) in [5.41, 5.74) is 0.664. The summed E-state index contributed by atoms with van der Waals surface area (Å²) in [4.78, 5) is 27.5. The SMILES string of the molecule is CC(C)NC(=O)C(C)N(Cc1ccc(Cl)c(Cl)c1)C(=O)CN(c1cccc(Cl)c1Cl)S(C)(=O)=O. The average Bonchev–Trinajstić information content (AvgIpc) is 2.73. The zero-order valence-electron chi connectivity index (χ0n) is 19.0. The molecule has 0 aliphatic carbocycles. The van der Waals surface area contributed by atoms with Crippen LogP contribution in [0.3, 0.4) is 0 Å². The van der Waals surface area contributed by atoms with E-state index in [9.17, 15) is 18.0 Å². The molecule has 0 aromatic heterocycles. The van der Waals surface area contributed by atoms with Gasteiger partial charge in [0.2, 0.25) is 21.8 Å². The zero-order chi connectivity index (χ0) is 25.8. The third-order valence-electron chi connectivity index (χ3n) is 4.81. The molecule has 0 saturated heterocycles. The van der Waals surface area contributed by atoms with Gasteiger partial charge in [-0.15, -0.1) is 0 Å². The van der Waals surface area contributed by atoms with Gasteiger partial charge in [0.25, 0.3) is 0 Å². The van der Waals surface area contributed by atoms with Crippen molar-refractivity contribution >= 4 is 73.9 Å². The second kappa shape index (κ2) is 11.8. The van der Waals surface area contributed by atoms with Crippen molar-refractivity contribution in [2.45, 2.75) is 39.4 Å². The molecule has 1 atom stereocenters. The molecule has 2 rings (SSSR count). The van der Waals surface area contributed by atoms with Crippen LogP contribution in [0.25, 0.3) is 0 Å². The molecule has 2 aromatic rings. The molecule has 1 unspecified atom stereocenters. The van der Waals surface area contributed by atoms with E-state index in [1.165, 1.54) is 23.1 Å². The number of anilines is 1. The maximum absolute atomic E-state index is 13.5. The molecule has 186 valence electrons. The zero-order valence-corrected chi connectivity index (χ0v) is 22.8. The fourth-order valence-corrected chi connectivity index (χ4v) is 4.72. The van der Waals surface area contributed by atoms with Crippen LogP contribution in [-0.2, 0) is 26.2 Å². The molecule has 0 heterocycles. The van der Waals surface area contributed by atoms with E-state index in [1.54, 1.807) is 39.0 Å². The number of amides is 2. The van der Waals surface area contributed by atoms with Gasteiger partial charge in [0.05, 0.1) is 32.0 Å². The smallest absolute Gasteiger partial charge is 0.244 e. The number of rotatable bonds is 9. The highest BCUT2D eigenvalue weighted by Crippen LogP contribution is 2.34. The van der Waals surface area contributed by atoms with Crippen molar-refractivity contribution in [2.24, 2.45) is 0 Å². The lowest BCUT2D eigenvalue weighted by Crippen LogP contribution is -2.52. The number of hydrogen-bond acceptors (Lipinski definition) is 4. The monoisotopic (exact) mass is 567 g/mol. The van der Waals surface area contributed by atoms with Gasteiger partial charge >= 0.3 is 0 Å². The van der Waals surface area contributed by atoms with E-state index in [0.29, 0.717) is 10.6 Å². The summed E-state index contributed by atoms with van der Waals surface area (Å²) in [6.07, 6.45) is 0.954. The van der Waals surface area contributed by atoms with Crippen LogP contribution in [0.15, 0.2) is 36.4 Å². The van der Waals surface area contributed by atoms with Gasteiger partial charge in [-0.25, -0.2) is 8.42 Å². The van der Waals surface area contributed by atoms with Crippen LogP contribution in [0, 0.1) is 0 Å². The van der Waals surface area contributed by atoms with Crippen molar-refractivity contribution in [3.8, 4) is 0 Å².